The molecule has 0 saturated heterocycles. The summed E-state index contributed by atoms with van der Waals surface area (Å²) in [6.07, 6.45) is 5.33. The summed E-state index contributed by atoms with van der Waals surface area (Å²) in [4.78, 5) is 26.8. The fourth-order valence-electron chi connectivity index (χ4n) is 4.47. The van der Waals surface area contributed by atoms with Gasteiger partial charge in [-0.1, -0.05) is 35.9 Å². The molecule has 1 aliphatic carbocycles. The molecular weight excluding hydrogens is 482 g/mol. The number of amides is 2. The molecule has 0 spiro atoms. The Labute approximate surface area is 212 Å². The normalized spacial score (nSPS) is 14.6. The zero-order chi connectivity index (χ0) is 24.4. The number of carbonyl (C=O) groups is 2. The molecule has 2 amide bonds. The molecule has 1 aliphatic rings. The molecule has 1 aromatic carbocycles. The zero-order valence-corrected chi connectivity index (χ0v) is 20.9. The van der Waals surface area contributed by atoms with Gasteiger partial charge in [0.2, 0.25) is 0 Å². The first-order chi connectivity index (χ1) is 17.0. The van der Waals surface area contributed by atoms with Crippen LogP contribution in [-0.4, -0.2) is 26.2 Å². The summed E-state index contributed by atoms with van der Waals surface area (Å²) in [5.41, 5.74) is 4.23. The molecule has 1 unspecified atom stereocenters. The number of aryl methyl sites for hydroxylation is 2. The molecule has 1 atom stereocenters. The standard InChI is InChI=1S/C26H26ClN5O2S/c1-2-32-16-21(27)24(30-32)26(34)28-14-17-7-9-20-18(13-17)8-10-22(20)29-25(33)23-6-3-11-31(23)15-19-5-4-12-35-19/h3-7,9,11-13,16,22H,2,8,10,14-15H2,1H3,(H,28,34)(H,29,33). The maximum absolute atomic E-state index is 13.1. The van der Waals surface area contributed by atoms with Crippen molar-refractivity contribution in [3.8, 4) is 0 Å². The Bertz CT molecular complexity index is 1360. The van der Waals surface area contributed by atoms with E-state index in [1.54, 1.807) is 22.2 Å². The largest absolute Gasteiger partial charge is 0.347 e. The molecule has 0 saturated carbocycles. The first kappa shape index (κ1) is 23.4. The Balaban J connectivity index is 1.22. The number of rotatable bonds is 8. The lowest BCUT2D eigenvalue weighted by atomic mass is 10.0. The number of nitrogens with one attached hydrogen (secondary N) is 2. The number of fused-ring (bicyclic) bond motifs is 1. The van der Waals surface area contributed by atoms with Crippen LogP contribution in [0.3, 0.4) is 0 Å². The van der Waals surface area contributed by atoms with Crippen LogP contribution < -0.4 is 10.6 Å². The maximum atomic E-state index is 13.1. The molecule has 0 aliphatic heterocycles. The lowest BCUT2D eigenvalue weighted by Gasteiger charge is -2.16. The minimum atomic E-state index is -0.293. The lowest BCUT2D eigenvalue weighted by Crippen LogP contribution is -2.29. The maximum Gasteiger partial charge on any atom is 0.273 e. The van der Waals surface area contributed by atoms with Gasteiger partial charge in [-0.2, -0.15) is 5.10 Å². The van der Waals surface area contributed by atoms with Crippen LogP contribution in [0, 0.1) is 0 Å². The molecule has 3 heterocycles. The monoisotopic (exact) mass is 507 g/mol. The van der Waals surface area contributed by atoms with Crippen LogP contribution in [0.5, 0.6) is 0 Å². The molecule has 3 aromatic heterocycles. The molecule has 0 bridgehead atoms. The molecular formula is C26H26ClN5O2S. The van der Waals surface area contributed by atoms with Crippen LogP contribution in [0.4, 0.5) is 0 Å². The molecule has 4 aromatic rings. The first-order valence-corrected chi connectivity index (χ1v) is 12.9. The molecule has 0 fully saturated rings. The summed E-state index contributed by atoms with van der Waals surface area (Å²) in [6.45, 7) is 3.66. The number of halogens is 1. The van der Waals surface area contributed by atoms with E-state index < -0.39 is 0 Å². The van der Waals surface area contributed by atoms with Crippen LogP contribution in [-0.2, 0) is 26.1 Å². The van der Waals surface area contributed by atoms with E-state index in [0.717, 1.165) is 24.0 Å². The Kier molecular flexibility index (Phi) is 6.74. The van der Waals surface area contributed by atoms with E-state index in [9.17, 15) is 9.59 Å². The second kappa shape index (κ2) is 10.1. The highest BCUT2D eigenvalue weighted by atomic mass is 35.5. The van der Waals surface area contributed by atoms with E-state index in [-0.39, 0.29) is 23.6 Å². The molecule has 7 nitrogen and oxygen atoms in total. The van der Waals surface area contributed by atoms with E-state index in [1.165, 1.54) is 10.4 Å². The van der Waals surface area contributed by atoms with Crippen molar-refractivity contribution in [2.45, 2.75) is 45.4 Å². The molecule has 180 valence electrons. The van der Waals surface area contributed by atoms with E-state index >= 15 is 0 Å². The van der Waals surface area contributed by atoms with Crippen LogP contribution in [0.15, 0.2) is 60.2 Å². The summed E-state index contributed by atoms with van der Waals surface area (Å²) in [7, 11) is 0. The smallest absolute Gasteiger partial charge is 0.273 e. The number of hydrogen-bond acceptors (Lipinski definition) is 4. The Morgan fingerprint density at radius 1 is 1.20 bits per heavy atom. The summed E-state index contributed by atoms with van der Waals surface area (Å²) < 4.78 is 3.62. The first-order valence-electron chi connectivity index (χ1n) is 11.6. The highest BCUT2D eigenvalue weighted by Crippen LogP contribution is 2.32. The quantitative estimate of drug-likeness (QED) is 0.359. The van der Waals surface area contributed by atoms with Gasteiger partial charge >= 0.3 is 0 Å². The number of hydrogen-bond donors (Lipinski definition) is 2. The van der Waals surface area contributed by atoms with E-state index in [2.05, 4.69) is 33.9 Å². The molecule has 5 rings (SSSR count). The number of carbonyl (C=O) groups excluding carboxylic acids is 2. The van der Waals surface area contributed by atoms with E-state index in [0.29, 0.717) is 30.4 Å². The number of benzene rings is 1. The minimum absolute atomic E-state index is 0.0250. The van der Waals surface area contributed by atoms with Crippen molar-refractivity contribution in [3.63, 3.8) is 0 Å². The highest BCUT2D eigenvalue weighted by molar-refractivity contribution is 7.09. The van der Waals surface area contributed by atoms with Crippen molar-refractivity contribution < 1.29 is 9.59 Å². The van der Waals surface area contributed by atoms with Crippen molar-refractivity contribution in [1.82, 2.24) is 25.0 Å². The molecule has 0 radical (unpaired) electrons. The van der Waals surface area contributed by atoms with Gasteiger partial charge in [0.15, 0.2) is 5.69 Å². The van der Waals surface area contributed by atoms with Gasteiger partial charge in [0.25, 0.3) is 11.8 Å². The third-order valence-electron chi connectivity index (χ3n) is 6.27. The van der Waals surface area contributed by atoms with Gasteiger partial charge in [-0.3, -0.25) is 14.3 Å². The van der Waals surface area contributed by atoms with Crippen molar-refractivity contribution in [1.29, 1.82) is 0 Å². The van der Waals surface area contributed by atoms with Gasteiger partial charge in [-0.15, -0.1) is 11.3 Å². The van der Waals surface area contributed by atoms with Crippen LogP contribution in [0.25, 0.3) is 0 Å². The average Bonchev–Trinajstić information content (AvgIpc) is 3.65. The van der Waals surface area contributed by atoms with Crippen LogP contribution in [0.2, 0.25) is 5.02 Å². The van der Waals surface area contributed by atoms with E-state index in [1.807, 2.05) is 47.3 Å². The number of nitrogens with zero attached hydrogens (tertiary/aromatic N) is 3. The van der Waals surface area contributed by atoms with Crippen molar-refractivity contribution in [2.75, 3.05) is 0 Å². The van der Waals surface area contributed by atoms with Crippen molar-refractivity contribution in [2.24, 2.45) is 0 Å². The molecule has 9 heteroatoms. The van der Waals surface area contributed by atoms with Gasteiger partial charge in [0.05, 0.1) is 17.6 Å². The number of thiophene rings is 1. The fraction of sp³-hybridized carbons (Fsp3) is 0.269. The van der Waals surface area contributed by atoms with Crippen LogP contribution in [0.1, 0.15) is 61.9 Å². The lowest BCUT2D eigenvalue weighted by molar-refractivity contribution is 0.0924. The Morgan fingerprint density at radius 3 is 2.86 bits per heavy atom. The second-order valence-electron chi connectivity index (χ2n) is 8.56. The van der Waals surface area contributed by atoms with Crippen molar-refractivity contribution >= 4 is 34.8 Å². The topological polar surface area (TPSA) is 81.0 Å². The zero-order valence-electron chi connectivity index (χ0n) is 19.3. The molecule has 2 N–H and O–H groups in total. The third kappa shape index (κ3) is 5.04. The second-order valence-corrected chi connectivity index (χ2v) is 10.0. The van der Waals surface area contributed by atoms with Gasteiger partial charge < -0.3 is 15.2 Å². The summed E-state index contributed by atoms with van der Waals surface area (Å²) in [5.74, 6) is -0.359. The fourth-order valence-corrected chi connectivity index (χ4v) is 5.41. The Hall–Kier alpha value is -3.36. The van der Waals surface area contributed by atoms with Crippen LogP contribution >= 0.6 is 22.9 Å². The number of aromatic nitrogens is 3. The third-order valence-corrected chi connectivity index (χ3v) is 7.41. The van der Waals surface area contributed by atoms with Crippen molar-refractivity contribution in [3.05, 3.63) is 98.2 Å². The summed E-state index contributed by atoms with van der Waals surface area (Å²) in [5, 5.41) is 12.7. The average molecular weight is 508 g/mol. The predicted molar refractivity (Wildman–Crippen MR) is 137 cm³/mol. The summed E-state index contributed by atoms with van der Waals surface area (Å²) in [6, 6.07) is 14.0. The SMILES string of the molecule is CCn1cc(Cl)c(C(=O)NCc2ccc3c(c2)CCC3NC(=O)c2cccn2Cc2cccs2)n1. The Morgan fingerprint density at radius 2 is 2.09 bits per heavy atom. The van der Waals surface area contributed by atoms with Gasteiger partial charge in [0, 0.05) is 30.4 Å². The summed E-state index contributed by atoms with van der Waals surface area (Å²) >= 11 is 7.82. The van der Waals surface area contributed by atoms with Gasteiger partial charge in [-0.05, 0) is 60.0 Å². The minimum Gasteiger partial charge on any atom is -0.347 e. The van der Waals surface area contributed by atoms with E-state index in [4.69, 9.17) is 11.6 Å². The highest BCUT2D eigenvalue weighted by Gasteiger charge is 2.25. The predicted octanol–water partition coefficient (Wildman–Crippen LogP) is 4.82. The molecule has 35 heavy (non-hydrogen) atoms. The van der Waals surface area contributed by atoms with Gasteiger partial charge in [-0.25, -0.2) is 0 Å². The van der Waals surface area contributed by atoms with Gasteiger partial charge in [0.1, 0.15) is 5.69 Å².